The zero-order valence-corrected chi connectivity index (χ0v) is 10.6. The molecule has 0 fully saturated rings. The number of benzene rings is 1. The van der Waals surface area contributed by atoms with Crippen LogP contribution in [0.25, 0.3) is 0 Å². The molecule has 0 nitrogen and oxygen atoms in total. The van der Waals surface area contributed by atoms with Gasteiger partial charge in [0, 0.05) is 10.2 Å². The molecule has 0 aliphatic rings. The Morgan fingerprint density at radius 2 is 2.00 bits per heavy atom. The van der Waals surface area contributed by atoms with Crippen molar-refractivity contribution in [2.75, 3.05) is 0 Å². The normalized spacial score (nSPS) is 15.2. The maximum absolute atomic E-state index is 3.93. The Hall–Kier alpha value is -0.823. The number of allylic oxidation sites excluding steroid dienone is 1. The van der Waals surface area contributed by atoms with Crippen LogP contribution >= 0.6 is 0 Å². The van der Waals surface area contributed by atoms with Crippen LogP contribution in [-0.2, 0) is 6.42 Å². The summed E-state index contributed by atoms with van der Waals surface area (Å²) in [5, 5.41) is 0.390. The van der Waals surface area contributed by atoms with Gasteiger partial charge in [-0.2, -0.15) is 0 Å². The second kappa shape index (κ2) is 4.42. The molecule has 0 saturated carbocycles. The van der Waals surface area contributed by atoms with Gasteiger partial charge in [-0.25, -0.2) is 0 Å². The largest absolute Gasteiger partial charge is 0.103 e. The molecule has 0 N–H and O–H groups in total. The molecule has 0 aliphatic carbocycles. The van der Waals surface area contributed by atoms with Crippen LogP contribution in [0, 0.1) is 0 Å². The lowest BCUT2D eigenvalue weighted by molar-refractivity contribution is 0.652. The highest BCUT2D eigenvalue weighted by atomic mass is 28.1. The molecule has 0 aliphatic heterocycles. The van der Waals surface area contributed by atoms with Gasteiger partial charge in [-0.15, -0.1) is 6.58 Å². The van der Waals surface area contributed by atoms with E-state index >= 15 is 0 Å². The molecule has 0 saturated heterocycles. The van der Waals surface area contributed by atoms with Gasteiger partial charge >= 0.3 is 0 Å². The highest BCUT2D eigenvalue weighted by molar-refractivity contribution is 6.16. The van der Waals surface area contributed by atoms with E-state index in [-0.39, 0.29) is 0 Å². The molecule has 1 atom stereocenters. The van der Waals surface area contributed by atoms with Crippen LogP contribution in [0.1, 0.15) is 18.9 Å². The summed E-state index contributed by atoms with van der Waals surface area (Å²) in [6.07, 6.45) is 4.49. The molecule has 0 spiro atoms. The predicted octanol–water partition coefficient (Wildman–Crippen LogP) is 2.35. The molecule has 0 amide bonds. The molecule has 1 unspecified atom stereocenters. The molecule has 13 heavy (non-hydrogen) atoms. The summed E-state index contributed by atoms with van der Waals surface area (Å²) in [7, 11) is 1.19. The van der Waals surface area contributed by atoms with Crippen LogP contribution in [0.5, 0.6) is 0 Å². The van der Waals surface area contributed by atoms with Gasteiger partial charge in [0.1, 0.15) is 0 Å². The van der Waals surface area contributed by atoms with Crippen molar-refractivity contribution in [1.82, 2.24) is 0 Å². The smallest absolute Gasteiger partial charge is 0.0158 e. The van der Waals surface area contributed by atoms with Gasteiger partial charge in [-0.3, -0.25) is 0 Å². The molecule has 1 rings (SSSR count). The second-order valence-electron chi connectivity index (χ2n) is 3.87. The van der Waals surface area contributed by atoms with Crippen molar-refractivity contribution in [1.29, 1.82) is 0 Å². The van der Waals surface area contributed by atoms with Crippen molar-refractivity contribution in [3.05, 3.63) is 48.6 Å². The fourth-order valence-electron chi connectivity index (χ4n) is 1.40. The van der Waals surface area contributed by atoms with E-state index < -0.39 is 0 Å². The lowest BCUT2D eigenvalue weighted by Gasteiger charge is -2.23. The van der Waals surface area contributed by atoms with Gasteiger partial charge in [0.25, 0.3) is 0 Å². The fourth-order valence-corrected chi connectivity index (χ4v) is 1.81. The lowest BCUT2D eigenvalue weighted by Crippen LogP contribution is -2.11. The van der Waals surface area contributed by atoms with Gasteiger partial charge in [0.05, 0.1) is 0 Å². The van der Waals surface area contributed by atoms with E-state index in [2.05, 4.69) is 49.9 Å². The molecular formula is C12H18Si. The van der Waals surface area contributed by atoms with E-state index in [9.17, 15) is 0 Å². The maximum atomic E-state index is 3.93. The average molecular weight is 190 g/mol. The van der Waals surface area contributed by atoms with Gasteiger partial charge in [0.2, 0.25) is 0 Å². The van der Waals surface area contributed by atoms with Crippen LogP contribution in [0.3, 0.4) is 0 Å². The Morgan fingerprint density at radius 1 is 1.38 bits per heavy atom. The Kier molecular flexibility index (Phi) is 3.49. The second-order valence-corrected chi connectivity index (χ2v) is 5.87. The summed E-state index contributed by atoms with van der Waals surface area (Å²) in [6, 6.07) is 10.7. The van der Waals surface area contributed by atoms with E-state index in [1.54, 1.807) is 0 Å². The molecule has 0 aromatic heterocycles. The van der Waals surface area contributed by atoms with Crippen molar-refractivity contribution in [2.24, 2.45) is 0 Å². The van der Waals surface area contributed by atoms with Crippen LogP contribution in [0.15, 0.2) is 43.0 Å². The highest BCUT2D eigenvalue weighted by Crippen LogP contribution is 2.31. The topological polar surface area (TPSA) is 0 Å². The molecule has 0 heterocycles. The number of rotatable bonds is 4. The van der Waals surface area contributed by atoms with Crippen molar-refractivity contribution in [2.45, 2.75) is 24.8 Å². The summed E-state index contributed by atoms with van der Waals surface area (Å²) in [4.78, 5) is 0. The first-order valence-electron chi connectivity index (χ1n) is 4.88. The third-order valence-electron chi connectivity index (χ3n) is 2.75. The molecule has 0 radical (unpaired) electrons. The minimum absolute atomic E-state index is 0.390. The van der Waals surface area contributed by atoms with Crippen LogP contribution in [0.4, 0.5) is 0 Å². The Balaban J connectivity index is 2.73. The molecule has 1 aromatic rings. The molecule has 1 aromatic carbocycles. The van der Waals surface area contributed by atoms with Crippen LogP contribution in [-0.4, -0.2) is 10.2 Å². The summed E-state index contributed by atoms with van der Waals surface area (Å²) >= 11 is 0. The van der Waals surface area contributed by atoms with Crippen molar-refractivity contribution >= 4 is 10.2 Å². The standard InChI is InChI=1S/C12H18Si/c1-3-12(13,4-2)10-11-8-6-5-7-9-11/h3,5-9H,1,4,10H2,2,13H3. The first-order chi connectivity index (χ1) is 6.20. The van der Waals surface area contributed by atoms with E-state index in [4.69, 9.17) is 0 Å². The van der Waals surface area contributed by atoms with E-state index in [0.717, 1.165) is 6.42 Å². The Bertz CT molecular complexity index is 266. The zero-order chi connectivity index (χ0) is 9.73. The summed E-state index contributed by atoms with van der Waals surface area (Å²) < 4.78 is 0. The van der Waals surface area contributed by atoms with Gasteiger partial charge in [0.15, 0.2) is 0 Å². The minimum atomic E-state index is 0.390. The Labute approximate surface area is 84.1 Å². The van der Waals surface area contributed by atoms with E-state index in [1.807, 2.05) is 0 Å². The fraction of sp³-hybridized carbons (Fsp3) is 0.333. The van der Waals surface area contributed by atoms with E-state index in [1.165, 1.54) is 22.2 Å². The van der Waals surface area contributed by atoms with Gasteiger partial charge < -0.3 is 0 Å². The third kappa shape index (κ3) is 2.85. The lowest BCUT2D eigenvalue weighted by atomic mass is 9.96. The zero-order valence-electron chi connectivity index (χ0n) is 8.59. The van der Waals surface area contributed by atoms with Crippen molar-refractivity contribution in [3.8, 4) is 0 Å². The number of hydrogen-bond donors (Lipinski definition) is 0. The van der Waals surface area contributed by atoms with Gasteiger partial charge in [-0.1, -0.05) is 49.8 Å². The minimum Gasteiger partial charge on any atom is -0.103 e. The average Bonchev–Trinajstić information content (AvgIpc) is 2.19. The highest BCUT2D eigenvalue weighted by Gasteiger charge is 2.17. The predicted molar refractivity (Wildman–Crippen MR) is 63.3 cm³/mol. The monoisotopic (exact) mass is 190 g/mol. The molecular weight excluding hydrogens is 172 g/mol. The quantitative estimate of drug-likeness (QED) is 0.505. The SMILES string of the molecule is C=CC([SiH3])(CC)Cc1ccccc1. The molecule has 70 valence electrons. The van der Waals surface area contributed by atoms with Crippen LogP contribution < -0.4 is 0 Å². The molecule has 0 bridgehead atoms. The first-order valence-corrected chi connectivity index (χ1v) is 5.88. The van der Waals surface area contributed by atoms with Crippen molar-refractivity contribution in [3.63, 3.8) is 0 Å². The summed E-state index contributed by atoms with van der Waals surface area (Å²) in [5.74, 6) is 0. The number of hydrogen-bond acceptors (Lipinski definition) is 0. The van der Waals surface area contributed by atoms with E-state index in [0.29, 0.717) is 5.04 Å². The summed E-state index contributed by atoms with van der Waals surface area (Å²) in [6.45, 7) is 6.18. The maximum Gasteiger partial charge on any atom is 0.0158 e. The molecule has 1 heteroatoms. The summed E-state index contributed by atoms with van der Waals surface area (Å²) in [5.41, 5.74) is 1.43. The van der Waals surface area contributed by atoms with Crippen molar-refractivity contribution < 1.29 is 0 Å². The first kappa shape index (κ1) is 10.3. The Morgan fingerprint density at radius 3 is 2.46 bits per heavy atom. The third-order valence-corrected chi connectivity index (χ3v) is 4.22. The van der Waals surface area contributed by atoms with Crippen LogP contribution in [0.2, 0.25) is 5.04 Å². The van der Waals surface area contributed by atoms with Gasteiger partial charge in [-0.05, 0) is 17.0 Å².